The Morgan fingerprint density at radius 2 is 1.97 bits per heavy atom. The summed E-state index contributed by atoms with van der Waals surface area (Å²) in [5.74, 6) is -1.41. The Morgan fingerprint density at radius 3 is 2.69 bits per heavy atom. The standard InChI is InChI=1S/C22H26O7/c1-22-7-6-13-12-3-2-11(23)8-15(12)18(29-20(27)5-4-19(25)26)9-14(13)16(22)10-17(24)21(22)28/h2-3,8,13-14,16-18,23-24H,4-7,9-10H2,1H3,(H,25,26)/t13-,14-,16+,17-,18+,22+/m1/s1. The first-order valence-corrected chi connectivity index (χ1v) is 10.2. The van der Waals surface area contributed by atoms with E-state index in [0.29, 0.717) is 19.3 Å². The van der Waals surface area contributed by atoms with E-state index in [1.807, 2.05) is 13.0 Å². The number of fused-ring (bicyclic) bond motifs is 5. The fraction of sp³-hybridized carbons (Fsp3) is 0.591. The topological polar surface area (TPSA) is 121 Å². The average Bonchev–Trinajstić information content (AvgIpc) is 2.90. The van der Waals surface area contributed by atoms with Crippen molar-refractivity contribution in [2.24, 2.45) is 17.3 Å². The van der Waals surface area contributed by atoms with E-state index in [-0.39, 0.29) is 42.1 Å². The maximum atomic E-state index is 12.6. The zero-order valence-electron chi connectivity index (χ0n) is 16.3. The van der Waals surface area contributed by atoms with Crippen LogP contribution in [0.2, 0.25) is 0 Å². The van der Waals surface area contributed by atoms with Gasteiger partial charge >= 0.3 is 11.9 Å². The maximum Gasteiger partial charge on any atom is 0.306 e. The number of rotatable bonds is 4. The van der Waals surface area contributed by atoms with Crippen molar-refractivity contribution in [3.63, 3.8) is 0 Å². The molecule has 0 radical (unpaired) electrons. The second-order valence-corrected chi connectivity index (χ2v) is 8.87. The maximum absolute atomic E-state index is 12.6. The Morgan fingerprint density at radius 1 is 1.21 bits per heavy atom. The third-order valence-electron chi connectivity index (χ3n) is 7.29. The predicted octanol–water partition coefficient (Wildman–Crippen LogP) is 2.69. The third kappa shape index (κ3) is 3.31. The number of ether oxygens (including phenoxy) is 1. The number of Topliss-reactive ketones (excluding diaryl/α,β-unsaturated/α-hetero) is 1. The molecule has 0 amide bonds. The Balaban J connectivity index is 1.65. The quantitative estimate of drug-likeness (QED) is 0.662. The summed E-state index contributed by atoms with van der Waals surface area (Å²) < 4.78 is 5.65. The van der Waals surface area contributed by atoms with E-state index in [9.17, 15) is 24.6 Å². The summed E-state index contributed by atoms with van der Waals surface area (Å²) in [5.41, 5.74) is 1.20. The summed E-state index contributed by atoms with van der Waals surface area (Å²) >= 11 is 0. The summed E-state index contributed by atoms with van der Waals surface area (Å²) in [7, 11) is 0. The lowest BCUT2D eigenvalue weighted by atomic mass is 9.55. The summed E-state index contributed by atoms with van der Waals surface area (Å²) in [6.07, 6.45) is 0.365. The van der Waals surface area contributed by atoms with Crippen LogP contribution < -0.4 is 0 Å². The first-order chi connectivity index (χ1) is 13.7. The Hall–Kier alpha value is -2.41. The number of benzene rings is 1. The lowest BCUT2D eigenvalue weighted by Crippen LogP contribution is -2.43. The number of aliphatic hydroxyl groups is 1. The van der Waals surface area contributed by atoms with Crippen molar-refractivity contribution in [3.8, 4) is 5.75 Å². The third-order valence-corrected chi connectivity index (χ3v) is 7.29. The smallest absolute Gasteiger partial charge is 0.306 e. The molecule has 6 atom stereocenters. The molecule has 1 aromatic rings. The van der Waals surface area contributed by atoms with Crippen molar-refractivity contribution < 1.29 is 34.4 Å². The van der Waals surface area contributed by atoms with Gasteiger partial charge in [0.05, 0.1) is 12.8 Å². The lowest BCUT2D eigenvalue weighted by molar-refractivity contribution is -0.155. The van der Waals surface area contributed by atoms with Crippen molar-refractivity contribution >= 4 is 17.7 Å². The van der Waals surface area contributed by atoms with Crippen molar-refractivity contribution in [1.29, 1.82) is 0 Å². The van der Waals surface area contributed by atoms with Crippen LogP contribution in [0.15, 0.2) is 18.2 Å². The van der Waals surface area contributed by atoms with E-state index in [1.54, 1.807) is 12.1 Å². The van der Waals surface area contributed by atoms with Crippen LogP contribution in [0.4, 0.5) is 0 Å². The molecule has 0 heterocycles. The number of aliphatic hydroxyl groups excluding tert-OH is 1. The van der Waals surface area contributed by atoms with Gasteiger partial charge in [-0.1, -0.05) is 13.0 Å². The second-order valence-electron chi connectivity index (χ2n) is 8.87. The SMILES string of the molecule is C[C@]12CC[C@@H]3c4ccc(O)cc4[C@@H](OC(=O)CCC(=O)O)C[C@H]3[C@@H]1C[C@@H](O)C2=O. The molecule has 0 aromatic heterocycles. The van der Waals surface area contributed by atoms with Crippen LogP contribution in [0.25, 0.3) is 0 Å². The van der Waals surface area contributed by atoms with Crippen LogP contribution in [0.1, 0.15) is 68.6 Å². The van der Waals surface area contributed by atoms with E-state index < -0.39 is 29.6 Å². The molecule has 2 saturated carbocycles. The van der Waals surface area contributed by atoms with Crippen molar-refractivity contribution in [2.45, 2.75) is 63.6 Å². The normalized spacial score (nSPS) is 35.4. The monoisotopic (exact) mass is 402 g/mol. The minimum atomic E-state index is -1.06. The molecule has 0 saturated heterocycles. The highest BCUT2D eigenvalue weighted by molar-refractivity contribution is 5.91. The molecule has 2 fully saturated rings. The highest BCUT2D eigenvalue weighted by Crippen LogP contribution is 2.61. The van der Waals surface area contributed by atoms with Gasteiger partial charge in [-0.15, -0.1) is 0 Å². The zero-order chi connectivity index (χ0) is 20.9. The number of carbonyl (C=O) groups excluding carboxylic acids is 2. The molecule has 7 nitrogen and oxygen atoms in total. The number of carboxylic acid groups (broad SMARTS) is 1. The van der Waals surface area contributed by atoms with Crippen molar-refractivity contribution in [3.05, 3.63) is 29.3 Å². The first kappa shape index (κ1) is 19.9. The number of carboxylic acids is 1. The molecule has 1 aromatic carbocycles. The zero-order valence-corrected chi connectivity index (χ0v) is 16.3. The van der Waals surface area contributed by atoms with Crippen LogP contribution in [0, 0.1) is 17.3 Å². The summed E-state index contributed by atoms with van der Waals surface area (Å²) in [6, 6.07) is 5.09. The van der Waals surface area contributed by atoms with Gasteiger partial charge in [-0.3, -0.25) is 14.4 Å². The van der Waals surface area contributed by atoms with Crippen molar-refractivity contribution in [1.82, 2.24) is 0 Å². The highest BCUT2D eigenvalue weighted by atomic mass is 16.5. The Labute approximate surface area is 168 Å². The van der Waals surface area contributed by atoms with Gasteiger partial charge in [-0.05, 0) is 66.7 Å². The number of hydrogen-bond acceptors (Lipinski definition) is 6. The minimum Gasteiger partial charge on any atom is -0.508 e. The second kappa shape index (κ2) is 7.13. The molecule has 156 valence electrons. The Bertz CT molecular complexity index is 863. The van der Waals surface area contributed by atoms with Gasteiger partial charge in [0, 0.05) is 5.41 Å². The number of phenolic OH excluding ortho intramolecular Hbond substituents is 1. The van der Waals surface area contributed by atoms with E-state index in [0.717, 1.165) is 17.5 Å². The van der Waals surface area contributed by atoms with E-state index in [4.69, 9.17) is 9.84 Å². The van der Waals surface area contributed by atoms with Gasteiger partial charge in [-0.2, -0.15) is 0 Å². The molecule has 0 spiro atoms. The highest BCUT2D eigenvalue weighted by Gasteiger charge is 2.59. The molecule has 3 N–H and O–H groups in total. The van der Waals surface area contributed by atoms with Crippen molar-refractivity contribution in [2.75, 3.05) is 0 Å². The predicted molar refractivity (Wildman–Crippen MR) is 101 cm³/mol. The average molecular weight is 402 g/mol. The van der Waals surface area contributed by atoms with Gasteiger partial charge in [0.15, 0.2) is 5.78 Å². The number of aliphatic carboxylic acids is 1. The fourth-order valence-corrected chi connectivity index (χ4v) is 5.88. The molecule has 7 heteroatoms. The number of ketones is 1. The summed E-state index contributed by atoms with van der Waals surface area (Å²) in [4.78, 5) is 35.6. The lowest BCUT2D eigenvalue weighted by Gasteiger charge is -2.49. The number of phenols is 1. The van der Waals surface area contributed by atoms with Crippen LogP contribution in [0.5, 0.6) is 5.75 Å². The van der Waals surface area contributed by atoms with Gasteiger partial charge in [0.25, 0.3) is 0 Å². The van der Waals surface area contributed by atoms with Gasteiger partial charge < -0.3 is 20.1 Å². The summed E-state index contributed by atoms with van der Waals surface area (Å²) in [6.45, 7) is 1.94. The van der Waals surface area contributed by atoms with E-state index in [1.165, 1.54) is 0 Å². The molecule has 3 aliphatic rings. The van der Waals surface area contributed by atoms with Crippen LogP contribution in [-0.2, 0) is 19.1 Å². The first-order valence-electron chi connectivity index (χ1n) is 10.2. The number of esters is 1. The molecular formula is C22H26O7. The molecule has 0 unspecified atom stereocenters. The van der Waals surface area contributed by atoms with Gasteiger partial charge in [0.2, 0.25) is 0 Å². The van der Waals surface area contributed by atoms with E-state index >= 15 is 0 Å². The van der Waals surface area contributed by atoms with Crippen LogP contribution >= 0.6 is 0 Å². The molecule has 29 heavy (non-hydrogen) atoms. The molecular weight excluding hydrogens is 376 g/mol. The van der Waals surface area contributed by atoms with E-state index in [2.05, 4.69) is 0 Å². The molecule has 4 rings (SSSR count). The summed E-state index contributed by atoms with van der Waals surface area (Å²) in [5, 5.41) is 29.0. The number of aromatic hydroxyl groups is 1. The number of carbonyl (C=O) groups is 3. The molecule has 0 aliphatic heterocycles. The van der Waals surface area contributed by atoms with Crippen LogP contribution in [-0.4, -0.2) is 39.1 Å². The molecule has 3 aliphatic carbocycles. The Kier molecular flexibility index (Phi) is 4.89. The molecule has 0 bridgehead atoms. The van der Waals surface area contributed by atoms with Gasteiger partial charge in [0.1, 0.15) is 18.0 Å². The fourth-order valence-electron chi connectivity index (χ4n) is 5.88. The van der Waals surface area contributed by atoms with Crippen LogP contribution in [0.3, 0.4) is 0 Å². The number of hydrogen-bond donors (Lipinski definition) is 3. The minimum absolute atomic E-state index is 0.00549. The van der Waals surface area contributed by atoms with Gasteiger partial charge in [-0.25, -0.2) is 0 Å². The largest absolute Gasteiger partial charge is 0.508 e.